The number of nitrogens with one attached hydrogen (secondary N) is 2. The van der Waals surface area contributed by atoms with Gasteiger partial charge in [0.05, 0.1) is 5.69 Å². The number of anilines is 1. The molecule has 0 atom stereocenters. The Morgan fingerprint density at radius 1 is 0.975 bits per heavy atom. The standard InChI is InChI=1S/C30H30N4O5S/c1-30(2,3)25-22(24-7-5-15-40-24)12-13-23(39-28(31)36)26(25)34-27(35)21-10-8-19(9-11-21)17-33-29(37)38-18-20-6-4-14-32-16-20/h4-16H,17-18H2,1-3H3,(H2,31,36)(H,33,37)(H,34,35). The van der Waals surface area contributed by atoms with E-state index >= 15 is 0 Å². The summed E-state index contributed by atoms with van der Waals surface area (Å²) in [5.74, 6) is -0.227. The fraction of sp³-hybridized carbons (Fsp3) is 0.200. The molecule has 2 aromatic carbocycles. The largest absolute Gasteiger partial charge is 0.445 e. The lowest BCUT2D eigenvalue weighted by atomic mass is 9.81. The number of thiophene rings is 1. The van der Waals surface area contributed by atoms with E-state index in [1.807, 2.05) is 50.4 Å². The molecule has 4 aromatic rings. The number of pyridine rings is 1. The summed E-state index contributed by atoms with van der Waals surface area (Å²) >= 11 is 1.57. The fourth-order valence-electron chi connectivity index (χ4n) is 4.13. The van der Waals surface area contributed by atoms with Gasteiger partial charge in [-0.05, 0) is 63.9 Å². The molecule has 0 saturated heterocycles. The van der Waals surface area contributed by atoms with E-state index in [0.717, 1.165) is 27.1 Å². The molecule has 2 aromatic heterocycles. The molecule has 206 valence electrons. The van der Waals surface area contributed by atoms with Crippen LogP contribution in [-0.4, -0.2) is 23.1 Å². The van der Waals surface area contributed by atoms with Crippen LogP contribution in [0, 0.1) is 0 Å². The number of benzene rings is 2. The molecule has 0 aliphatic rings. The van der Waals surface area contributed by atoms with E-state index in [1.54, 1.807) is 60.1 Å². The summed E-state index contributed by atoms with van der Waals surface area (Å²) in [6, 6.07) is 17.8. The average Bonchev–Trinajstić information content (AvgIpc) is 3.46. The van der Waals surface area contributed by atoms with Crippen molar-refractivity contribution >= 4 is 35.1 Å². The van der Waals surface area contributed by atoms with E-state index < -0.39 is 23.5 Å². The van der Waals surface area contributed by atoms with Gasteiger partial charge >= 0.3 is 12.2 Å². The van der Waals surface area contributed by atoms with Crippen LogP contribution in [0.4, 0.5) is 15.3 Å². The van der Waals surface area contributed by atoms with Gasteiger partial charge in [-0.2, -0.15) is 0 Å². The number of amides is 3. The molecule has 0 bridgehead atoms. The van der Waals surface area contributed by atoms with Crippen LogP contribution in [-0.2, 0) is 23.3 Å². The normalized spacial score (nSPS) is 11.0. The predicted molar refractivity (Wildman–Crippen MR) is 154 cm³/mol. The van der Waals surface area contributed by atoms with Crippen molar-refractivity contribution in [2.24, 2.45) is 5.73 Å². The van der Waals surface area contributed by atoms with Gasteiger partial charge in [0, 0.05) is 34.9 Å². The van der Waals surface area contributed by atoms with Crippen LogP contribution in [0.2, 0.25) is 0 Å². The zero-order valence-corrected chi connectivity index (χ0v) is 23.2. The summed E-state index contributed by atoms with van der Waals surface area (Å²) in [6.45, 7) is 6.40. The molecule has 0 saturated carbocycles. The number of primary amides is 1. The maximum absolute atomic E-state index is 13.4. The Labute approximate surface area is 236 Å². The van der Waals surface area contributed by atoms with E-state index in [0.29, 0.717) is 11.3 Å². The lowest BCUT2D eigenvalue weighted by molar-refractivity contribution is 0.102. The number of nitrogens with two attached hydrogens (primary N) is 1. The first kappa shape index (κ1) is 28.3. The quantitative estimate of drug-likeness (QED) is 0.234. The topological polar surface area (TPSA) is 133 Å². The number of rotatable bonds is 8. The Balaban J connectivity index is 1.50. The van der Waals surface area contributed by atoms with Gasteiger partial charge in [-0.15, -0.1) is 11.3 Å². The summed E-state index contributed by atoms with van der Waals surface area (Å²) in [7, 11) is 0. The van der Waals surface area contributed by atoms with Crippen LogP contribution in [0.3, 0.4) is 0 Å². The van der Waals surface area contributed by atoms with Crippen molar-refractivity contribution in [1.29, 1.82) is 0 Å². The highest BCUT2D eigenvalue weighted by Crippen LogP contribution is 2.44. The zero-order valence-electron chi connectivity index (χ0n) is 22.4. The highest BCUT2D eigenvalue weighted by atomic mass is 32.1. The fourth-order valence-corrected chi connectivity index (χ4v) is 4.89. The first-order valence-corrected chi connectivity index (χ1v) is 13.4. The number of carbonyl (C=O) groups excluding carboxylic acids is 3. The Morgan fingerprint density at radius 2 is 1.75 bits per heavy atom. The van der Waals surface area contributed by atoms with Crippen LogP contribution >= 0.6 is 11.3 Å². The molecule has 4 N–H and O–H groups in total. The molecule has 0 spiro atoms. The highest BCUT2D eigenvalue weighted by Gasteiger charge is 2.28. The minimum Gasteiger partial charge on any atom is -0.445 e. The van der Waals surface area contributed by atoms with E-state index in [9.17, 15) is 14.4 Å². The predicted octanol–water partition coefficient (Wildman–Crippen LogP) is 6.24. The molecule has 40 heavy (non-hydrogen) atoms. The van der Waals surface area contributed by atoms with Crippen molar-refractivity contribution in [3.05, 3.63) is 101 Å². The molecule has 0 aliphatic heterocycles. The first-order valence-electron chi connectivity index (χ1n) is 12.5. The summed E-state index contributed by atoms with van der Waals surface area (Å²) in [4.78, 5) is 42.0. The van der Waals surface area contributed by atoms with E-state index in [2.05, 4.69) is 15.6 Å². The van der Waals surface area contributed by atoms with Gasteiger partial charge in [0.25, 0.3) is 5.91 Å². The van der Waals surface area contributed by atoms with Gasteiger partial charge in [-0.1, -0.05) is 45.0 Å². The third kappa shape index (κ3) is 7.23. The second-order valence-corrected chi connectivity index (χ2v) is 10.9. The smallest absolute Gasteiger partial charge is 0.410 e. The van der Waals surface area contributed by atoms with Crippen LogP contribution in [0.1, 0.15) is 47.8 Å². The summed E-state index contributed by atoms with van der Waals surface area (Å²) in [6.07, 6.45) is 1.73. The van der Waals surface area contributed by atoms with Gasteiger partial charge < -0.3 is 25.8 Å². The van der Waals surface area contributed by atoms with Gasteiger partial charge in [0.2, 0.25) is 0 Å². The zero-order chi connectivity index (χ0) is 28.7. The van der Waals surface area contributed by atoms with Gasteiger partial charge in [0.15, 0.2) is 5.75 Å². The number of carbonyl (C=O) groups is 3. The summed E-state index contributed by atoms with van der Waals surface area (Å²) in [5, 5.41) is 7.61. The molecule has 3 amide bonds. The minimum atomic E-state index is -0.977. The Morgan fingerprint density at radius 3 is 2.38 bits per heavy atom. The molecule has 0 radical (unpaired) electrons. The maximum atomic E-state index is 13.4. The first-order chi connectivity index (χ1) is 19.1. The number of hydrogen-bond acceptors (Lipinski definition) is 7. The summed E-state index contributed by atoms with van der Waals surface area (Å²) in [5.41, 5.74) is 8.98. The highest BCUT2D eigenvalue weighted by molar-refractivity contribution is 7.13. The van der Waals surface area contributed by atoms with Crippen molar-refractivity contribution in [2.45, 2.75) is 39.3 Å². The number of ether oxygens (including phenoxy) is 2. The van der Waals surface area contributed by atoms with Crippen molar-refractivity contribution in [3.63, 3.8) is 0 Å². The molecule has 10 heteroatoms. The number of hydrogen-bond donors (Lipinski definition) is 3. The van der Waals surface area contributed by atoms with Crippen molar-refractivity contribution in [3.8, 4) is 16.2 Å². The Hall–Kier alpha value is -4.70. The van der Waals surface area contributed by atoms with Gasteiger partial charge in [0.1, 0.15) is 6.61 Å². The third-order valence-corrected chi connectivity index (χ3v) is 6.80. The third-order valence-electron chi connectivity index (χ3n) is 5.90. The van der Waals surface area contributed by atoms with Crippen molar-refractivity contribution in [2.75, 3.05) is 5.32 Å². The molecular weight excluding hydrogens is 528 g/mol. The monoisotopic (exact) mass is 558 g/mol. The average molecular weight is 559 g/mol. The Kier molecular flexibility index (Phi) is 8.80. The van der Waals surface area contributed by atoms with Crippen LogP contribution in [0.5, 0.6) is 5.75 Å². The molecule has 0 unspecified atom stereocenters. The van der Waals surface area contributed by atoms with Crippen LogP contribution < -0.4 is 21.1 Å². The Bertz CT molecular complexity index is 1480. The van der Waals surface area contributed by atoms with E-state index in [4.69, 9.17) is 15.2 Å². The number of aromatic nitrogens is 1. The molecule has 0 aliphatic carbocycles. The second-order valence-electron chi connectivity index (χ2n) is 9.95. The number of nitrogens with zero attached hydrogens (tertiary/aromatic N) is 1. The van der Waals surface area contributed by atoms with Gasteiger partial charge in [-0.3, -0.25) is 9.78 Å². The molecular formula is C30H30N4O5S. The second kappa shape index (κ2) is 12.4. The van der Waals surface area contributed by atoms with E-state index in [-0.39, 0.29) is 18.9 Å². The van der Waals surface area contributed by atoms with Crippen LogP contribution in [0.25, 0.3) is 10.4 Å². The molecule has 4 rings (SSSR count). The molecule has 9 nitrogen and oxygen atoms in total. The van der Waals surface area contributed by atoms with Gasteiger partial charge in [-0.25, -0.2) is 9.59 Å². The van der Waals surface area contributed by atoms with Crippen molar-refractivity contribution in [1.82, 2.24) is 10.3 Å². The minimum absolute atomic E-state index is 0.116. The summed E-state index contributed by atoms with van der Waals surface area (Å²) < 4.78 is 10.5. The SMILES string of the molecule is CC(C)(C)c1c(-c2cccs2)ccc(OC(N)=O)c1NC(=O)c1ccc(CNC(=O)OCc2cccnc2)cc1. The van der Waals surface area contributed by atoms with Crippen LogP contribution in [0.15, 0.2) is 78.4 Å². The van der Waals surface area contributed by atoms with E-state index in [1.165, 1.54) is 0 Å². The lowest BCUT2D eigenvalue weighted by Gasteiger charge is -2.27. The maximum Gasteiger partial charge on any atom is 0.410 e. The lowest BCUT2D eigenvalue weighted by Crippen LogP contribution is -2.24. The number of alkyl carbamates (subject to hydrolysis) is 1. The van der Waals surface area contributed by atoms with Crippen molar-refractivity contribution < 1.29 is 23.9 Å². The molecule has 0 fully saturated rings. The molecule has 2 heterocycles.